The highest BCUT2D eigenvalue weighted by Crippen LogP contribution is 2.30. The fourth-order valence-corrected chi connectivity index (χ4v) is 3.09. The molecule has 17 heavy (non-hydrogen) atoms. The van der Waals surface area contributed by atoms with Gasteiger partial charge in [-0.15, -0.1) is 0 Å². The molecule has 3 atom stereocenters. The molecule has 3 heteroatoms. The maximum atomic E-state index is 5.31. The van der Waals surface area contributed by atoms with Gasteiger partial charge in [0.25, 0.3) is 0 Å². The minimum Gasteiger partial charge on any atom is -0.354 e. The van der Waals surface area contributed by atoms with E-state index in [9.17, 15) is 0 Å². The van der Waals surface area contributed by atoms with Gasteiger partial charge in [-0.2, -0.15) is 0 Å². The molecule has 0 heterocycles. The topological polar surface area (TPSA) is 30.5 Å². The summed E-state index contributed by atoms with van der Waals surface area (Å²) in [6, 6.07) is 0.862. The fraction of sp³-hybridized carbons (Fsp3) is 1.00. The van der Waals surface area contributed by atoms with Crippen LogP contribution in [-0.2, 0) is 9.47 Å². The van der Waals surface area contributed by atoms with Crippen LogP contribution in [0, 0.1) is 11.8 Å². The van der Waals surface area contributed by atoms with Gasteiger partial charge in [0.15, 0.2) is 6.29 Å². The van der Waals surface area contributed by atoms with Crippen LogP contribution in [0.5, 0.6) is 0 Å². The van der Waals surface area contributed by atoms with Gasteiger partial charge in [-0.3, -0.25) is 0 Å². The summed E-state index contributed by atoms with van der Waals surface area (Å²) in [4.78, 5) is 0. The van der Waals surface area contributed by atoms with Gasteiger partial charge in [-0.05, 0) is 31.6 Å². The fourth-order valence-electron chi connectivity index (χ4n) is 3.09. The molecule has 1 aliphatic carbocycles. The lowest BCUT2D eigenvalue weighted by Crippen LogP contribution is -2.50. The Bertz CT molecular complexity index is 204. The van der Waals surface area contributed by atoms with Crippen LogP contribution < -0.4 is 5.32 Å². The maximum Gasteiger partial charge on any atom is 0.171 e. The lowest BCUT2D eigenvalue weighted by Gasteiger charge is -2.38. The summed E-state index contributed by atoms with van der Waals surface area (Å²) in [6.07, 6.45) is 5.22. The van der Waals surface area contributed by atoms with Crippen molar-refractivity contribution in [2.24, 2.45) is 11.8 Å². The second-order valence-electron chi connectivity index (χ2n) is 5.59. The molecule has 3 nitrogen and oxygen atoms in total. The van der Waals surface area contributed by atoms with Crippen molar-refractivity contribution in [2.45, 2.75) is 64.8 Å². The Hall–Kier alpha value is -0.120. The molecule has 1 fully saturated rings. The van der Waals surface area contributed by atoms with Crippen LogP contribution in [0.4, 0.5) is 0 Å². The van der Waals surface area contributed by atoms with Gasteiger partial charge in [0.2, 0.25) is 0 Å². The molecule has 0 saturated heterocycles. The molecule has 102 valence electrons. The lowest BCUT2D eigenvalue weighted by atomic mass is 9.77. The van der Waals surface area contributed by atoms with Crippen molar-refractivity contribution in [2.75, 3.05) is 14.2 Å². The largest absolute Gasteiger partial charge is 0.354 e. The molecule has 0 spiro atoms. The van der Waals surface area contributed by atoms with Crippen molar-refractivity contribution in [1.82, 2.24) is 5.32 Å². The number of methoxy groups -OCH3 is 2. The molecule has 1 aliphatic rings. The van der Waals surface area contributed by atoms with Crippen LogP contribution in [0.15, 0.2) is 0 Å². The van der Waals surface area contributed by atoms with E-state index in [2.05, 4.69) is 26.1 Å². The van der Waals surface area contributed by atoms with Gasteiger partial charge in [-0.1, -0.05) is 26.7 Å². The molecule has 0 aromatic heterocycles. The first-order chi connectivity index (χ1) is 8.10. The van der Waals surface area contributed by atoms with Crippen LogP contribution in [0.3, 0.4) is 0 Å². The SMILES string of the molecule is COC(OC)C(C)NC1CCCCC1C(C)C. The molecule has 0 aromatic carbocycles. The summed E-state index contributed by atoms with van der Waals surface area (Å²) in [5.41, 5.74) is 0. The van der Waals surface area contributed by atoms with Crippen LogP contribution in [0.1, 0.15) is 46.5 Å². The Kier molecular flexibility index (Phi) is 6.45. The van der Waals surface area contributed by atoms with Gasteiger partial charge in [0, 0.05) is 20.3 Å². The van der Waals surface area contributed by atoms with E-state index in [0.29, 0.717) is 6.04 Å². The van der Waals surface area contributed by atoms with Gasteiger partial charge >= 0.3 is 0 Å². The Balaban J connectivity index is 2.52. The van der Waals surface area contributed by atoms with Crippen LogP contribution in [0.2, 0.25) is 0 Å². The average Bonchev–Trinajstić information content (AvgIpc) is 2.31. The predicted molar refractivity (Wildman–Crippen MR) is 71.0 cm³/mol. The minimum absolute atomic E-state index is 0.148. The highest BCUT2D eigenvalue weighted by molar-refractivity contribution is 4.85. The molecule has 0 bridgehead atoms. The van der Waals surface area contributed by atoms with E-state index in [-0.39, 0.29) is 12.3 Å². The molecule has 1 saturated carbocycles. The van der Waals surface area contributed by atoms with Crippen LogP contribution in [-0.4, -0.2) is 32.6 Å². The highest BCUT2D eigenvalue weighted by Gasteiger charge is 2.30. The molecule has 0 aliphatic heterocycles. The minimum atomic E-state index is -0.148. The lowest BCUT2D eigenvalue weighted by molar-refractivity contribution is -0.122. The van der Waals surface area contributed by atoms with Crippen molar-refractivity contribution >= 4 is 0 Å². The number of hydrogen-bond donors (Lipinski definition) is 1. The van der Waals surface area contributed by atoms with Crippen molar-refractivity contribution in [3.05, 3.63) is 0 Å². The van der Waals surface area contributed by atoms with E-state index in [1.165, 1.54) is 25.7 Å². The van der Waals surface area contributed by atoms with Gasteiger partial charge in [-0.25, -0.2) is 0 Å². The summed E-state index contributed by atoms with van der Waals surface area (Å²) < 4.78 is 10.6. The summed E-state index contributed by atoms with van der Waals surface area (Å²) in [7, 11) is 3.40. The summed E-state index contributed by atoms with van der Waals surface area (Å²) in [6.45, 7) is 6.81. The van der Waals surface area contributed by atoms with Crippen molar-refractivity contribution in [3.63, 3.8) is 0 Å². The summed E-state index contributed by atoms with van der Waals surface area (Å²) in [5.74, 6) is 1.55. The average molecular weight is 243 g/mol. The van der Waals surface area contributed by atoms with Crippen molar-refractivity contribution in [3.8, 4) is 0 Å². The standard InChI is InChI=1S/C14H29NO2/c1-10(2)12-8-6-7-9-13(12)15-11(3)14(16-4)17-5/h10-15H,6-9H2,1-5H3. The smallest absolute Gasteiger partial charge is 0.171 e. The molecule has 3 unspecified atom stereocenters. The van der Waals surface area contributed by atoms with Gasteiger partial charge in [0.1, 0.15) is 0 Å². The van der Waals surface area contributed by atoms with E-state index in [4.69, 9.17) is 9.47 Å². The molecule has 0 radical (unpaired) electrons. The second-order valence-corrected chi connectivity index (χ2v) is 5.59. The first kappa shape index (κ1) is 14.9. The third-order valence-electron chi connectivity index (χ3n) is 4.03. The zero-order valence-electron chi connectivity index (χ0n) is 12.0. The van der Waals surface area contributed by atoms with E-state index in [1.807, 2.05) is 0 Å². The molecule has 0 aromatic rings. The monoisotopic (exact) mass is 243 g/mol. The zero-order chi connectivity index (χ0) is 12.8. The number of rotatable bonds is 6. The molecule has 0 amide bonds. The van der Waals surface area contributed by atoms with Gasteiger partial charge in [0.05, 0.1) is 6.04 Å². The van der Waals surface area contributed by atoms with E-state index < -0.39 is 0 Å². The second kappa shape index (κ2) is 7.34. The van der Waals surface area contributed by atoms with E-state index >= 15 is 0 Å². The van der Waals surface area contributed by atoms with E-state index in [0.717, 1.165) is 11.8 Å². The van der Waals surface area contributed by atoms with Gasteiger partial charge < -0.3 is 14.8 Å². The Labute approximate surface area is 106 Å². The molecule has 1 N–H and O–H groups in total. The molecule has 1 rings (SSSR count). The number of ether oxygens (including phenoxy) is 2. The Morgan fingerprint density at radius 3 is 2.12 bits per heavy atom. The quantitative estimate of drug-likeness (QED) is 0.728. The summed E-state index contributed by atoms with van der Waals surface area (Å²) in [5, 5.41) is 3.70. The number of nitrogens with one attached hydrogen (secondary N) is 1. The Morgan fingerprint density at radius 2 is 1.59 bits per heavy atom. The van der Waals surface area contributed by atoms with Crippen LogP contribution >= 0.6 is 0 Å². The maximum absolute atomic E-state index is 5.31. The molecular weight excluding hydrogens is 214 g/mol. The van der Waals surface area contributed by atoms with Crippen molar-refractivity contribution < 1.29 is 9.47 Å². The normalized spacial score (nSPS) is 27.7. The third kappa shape index (κ3) is 4.23. The molecular formula is C14H29NO2. The predicted octanol–water partition coefficient (Wildman–Crippen LogP) is 2.80. The number of hydrogen-bond acceptors (Lipinski definition) is 3. The Morgan fingerprint density at radius 1 is 1.00 bits per heavy atom. The zero-order valence-corrected chi connectivity index (χ0v) is 12.0. The van der Waals surface area contributed by atoms with Crippen molar-refractivity contribution in [1.29, 1.82) is 0 Å². The first-order valence-corrected chi connectivity index (χ1v) is 6.91. The third-order valence-corrected chi connectivity index (χ3v) is 4.03. The van der Waals surface area contributed by atoms with E-state index in [1.54, 1.807) is 14.2 Å². The van der Waals surface area contributed by atoms with Crippen LogP contribution in [0.25, 0.3) is 0 Å². The first-order valence-electron chi connectivity index (χ1n) is 6.91. The summed E-state index contributed by atoms with van der Waals surface area (Å²) >= 11 is 0. The highest BCUT2D eigenvalue weighted by atomic mass is 16.7.